The molecular formula is C17H23NO2. The van der Waals surface area contributed by atoms with Crippen molar-refractivity contribution in [1.82, 2.24) is 5.32 Å². The van der Waals surface area contributed by atoms with Crippen LogP contribution in [0.25, 0.3) is 0 Å². The van der Waals surface area contributed by atoms with Gasteiger partial charge in [0.15, 0.2) is 0 Å². The van der Waals surface area contributed by atoms with Gasteiger partial charge in [-0.2, -0.15) is 0 Å². The molecule has 1 aromatic rings. The maximum Gasteiger partial charge on any atom is 0.254 e. The highest BCUT2D eigenvalue weighted by Crippen LogP contribution is 2.61. The number of carbonyl (C=O) groups is 1. The van der Waals surface area contributed by atoms with E-state index in [9.17, 15) is 4.79 Å². The van der Waals surface area contributed by atoms with Crippen molar-refractivity contribution >= 4 is 5.91 Å². The standard InChI is InChI=1S/C17H23NO2/c19-16(15-1-4-20-11-15)18-3-2-17-8-12-5-13(9-17)7-14(6-12)10-17/h1,4,11-14H,2-3,5-10H2,(H,18,19). The lowest BCUT2D eigenvalue weighted by atomic mass is 9.49. The van der Waals surface area contributed by atoms with E-state index in [-0.39, 0.29) is 5.91 Å². The zero-order valence-corrected chi connectivity index (χ0v) is 11.9. The van der Waals surface area contributed by atoms with Crippen molar-refractivity contribution in [2.45, 2.75) is 44.9 Å². The van der Waals surface area contributed by atoms with Gasteiger partial charge < -0.3 is 9.73 Å². The highest BCUT2D eigenvalue weighted by Gasteiger charge is 2.50. The van der Waals surface area contributed by atoms with E-state index in [1.165, 1.54) is 51.2 Å². The molecule has 0 aromatic carbocycles. The number of amides is 1. The molecule has 0 spiro atoms. The molecule has 1 N–H and O–H groups in total. The zero-order chi connectivity index (χ0) is 13.6. The van der Waals surface area contributed by atoms with E-state index in [2.05, 4.69) is 5.32 Å². The van der Waals surface area contributed by atoms with E-state index in [4.69, 9.17) is 4.42 Å². The topological polar surface area (TPSA) is 42.2 Å². The van der Waals surface area contributed by atoms with E-state index in [1.807, 2.05) is 0 Å². The first-order chi connectivity index (χ1) is 9.72. The van der Waals surface area contributed by atoms with Crippen LogP contribution in [0.5, 0.6) is 0 Å². The molecule has 3 nitrogen and oxygen atoms in total. The molecule has 5 rings (SSSR count). The molecule has 4 bridgehead atoms. The first kappa shape index (κ1) is 12.5. The Morgan fingerprint density at radius 2 is 1.85 bits per heavy atom. The van der Waals surface area contributed by atoms with Crippen molar-refractivity contribution in [2.75, 3.05) is 6.54 Å². The summed E-state index contributed by atoms with van der Waals surface area (Å²) in [6, 6.07) is 1.72. The summed E-state index contributed by atoms with van der Waals surface area (Å²) in [6.07, 6.45) is 12.9. The summed E-state index contributed by atoms with van der Waals surface area (Å²) < 4.78 is 4.96. The molecule has 0 saturated heterocycles. The minimum Gasteiger partial charge on any atom is -0.472 e. The van der Waals surface area contributed by atoms with E-state index in [0.717, 1.165) is 24.3 Å². The zero-order valence-electron chi connectivity index (χ0n) is 11.9. The molecule has 3 heteroatoms. The number of rotatable bonds is 4. The first-order valence-electron chi connectivity index (χ1n) is 8.03. The molecule has 0 unspecified atom stereocenters. The van der Waals surface area contributed by atoms with Crippen LogP contribution in [0.4, 0.5) is 0 Å². The van der Waals surface area contributed by atoms with Gasteiger partial charge in [0.2, 0.25) is 0 Å². The van der Waals surface area contributed by atoms with E-state index in [0.29, 0.717) is 11.0 Å². The second-order valence-corrected chi connectivity index (χ2v) is 7.44. The fourth-order valence-electron chi connectivity index (χ4n) is 5.53. The molecule has 4 saturated carbocycles. The summed E-state index contributed by atoms with van der Waals surface area (Å²) in [6.45, 7) is 0.816. The van der Waals surface area contributed by atoms with Gasteiger partial charge in [-0.05, 0) is 74.2 Å². The number of furan rings is 1. The highest BCUT2D eigenvalue weighted by atomic mass is 16.3. The maximum atomic E-state index is 11.9. The van der Waals surface area contributed by atoms with Gasteiger partial charge in [0.1, 0.15) is 6.26 Å². The van der Waals surface area contributed by atoms with Crippen LogP contribution in [-0.4, -0.2) is 12.5 Å². The smallest absolute Gasteiger partial charge is 0.254 e. The molecule has 1 heterocycles. The van der Waals surface area contributed by atoms with Gasteiger partial charge in [-0.3, -0.25) is 4.79 Å². The lowest BCUT2D eigenvalue weighted by Gasteiger charge is -2.57. The van der Waals surface area contributed by atoms with Crippen LogP contribution in [0.1, 0.15) is 55.3 Å². The summed E-state index contributed by atoms with van der Waals surface area (Å²) in [5, 5.41) is 3.06. The molecule has 0 aliphatic heterocycles. The molecule has 1 aromatic heterocycles. The first-order valence-corrected chi connectivity index (χ1v) is 8.03. The molecule has 108 valence electrons. The Labute approximate surface area is 120 Å². The van der Waals surface area contributed by atoms with Crippen molar-refractivity contribution < 1.29 is 9.21 Å². The molecule has 20 heavy (non-hydrogen) atoms. The molecule has 4 aliphatic rings. The summed E-state index contributed by atoms with van der Waals surface area (Å²) in [4.78, 5) is 11.9. The summed E-state index contributed by atoms with van der Waals surface area (Å²) >= 11 is 0. The third kappa shape index (κ3) is 2.17. The molecular weight excluding hydrogens is 250 g/mol. The minimum atomic E-state index is 0.00322. The van der Waals surface area contributed by atoms with Crippen LogP contribution in [0.3, 0.4) is 0 Å². The predicted molar refractivity (Wildman–Crippen MR) is 76.3 cm³/mol. The monoisotopic (exact) mass is 273 g/mol. The molecule has 0 atom stereocenters. The molecule has 0 radical (unpaired) electrons. The van der Waals surface area contributed by atoms with E-state index < -0.39 is 0 Å². The van der Waals surface area contributed by atoms with Gasteiger partial charge in [-0.1, -0.05) is 0 Å². The molecule has 4 aliphatic carbocycles. The molecule has 4 fully saturated rings. The maximum absolute atomic E-state index is 11.9. The van der Waals surface area contributed by atoms with Crippen molar-refractivity contribution in [1.29, 1.82) is 0 Å². The SMILES string of the molecule is O=C(NCCC12CC3CC(CC(C3)C1)C2)c1ccoc1. The van der Waals surface area contributed by atoms with Crippen molar-refractivity contribution in [3.63, 3.8) is 0 Å². The number of nitrogens with one attached hydrogen (secondary N) is 1. The Bertz CT molecular complexity index is 456. The fourth-order valence-corrected chi connectivity index (χ4v) is 5.53. The fraction of sp³-hybridized carbons (Fsp3) is 0.706. The summed E-state index contributed by atoms with van der Waals surface area (Å²) in [5.41, 5.74) is 1.19. The second kappa shape index (κ2) is 4.64. The van der Waals surface area contributed by atoms with E-state index in [1.54, 1.807) is 12.3 Å². The quantitative estimate of drug-likeness (QED) is 0.910. The van der Waals surface area contributed by atoms with Gasteiger partial charge in [0.25, 0.3) is 5.91 Å². The van der Waals surface area contributed by atoms with Crippen molar-refractivity contribution in [3.05, 3.63) is 24.2 Å². The average Bonchev–Trinajstić information content (AvgIpc) is 2.90. The Hall–Kier alpha value is -1.25. The number of hydrogen-bond donors (Lipinski definition) is 1. The number of hydrogen-bond acceptors (Lipinski definition) is 2. The Balaban J connectivity index is 1.34. The van der Waals surface area contributed by atoms with Crippen LogP contribution in [0, 0.1) is 23.2 Å². The second-order valence-electron chi connectivity index (χ2n) is 7.44. The Morgan fingerprint density at radius 1 is 1.20 bits per heavy atom. The van der Waals surface area contributed by atoms with E-state index >= 15 is 0 Å². The number of carbonyl (C=O) groups excluding carboxylic acids is 1. The lowest BCUT2D eigenvalue weighted by Crippen LogP contribution is -2.47. The van der Waals surface area contributed by atoms with Gasteiger partial charge in [0.05, 0.1) is 11.8 Å². The summed E-state index contributed by atoms with van der Waals surface area (Å²) in [7, 11) is 0. The van der Waals surface area contributed by atoms with Crippen LogP contribution in [0.15, 0.2) is 23.0 Å². The van der Waals surface area contributed by atoms with Gasteiger partial charge >= 0.3 is 0 Å². The van der Waals surface area contributed by atoms with Crippen LogP contribution in [0.2, 0.25) is 0 Å². The van der Waals surface area contributed by atoms with Gasteiger partial charge in [-0.15, -0.1) is 0 Å². The van der Waals surface area contributed by atoms with Crippen LogP contribution in [-0.2, 0) is 0 Å². The lowest BCUT2D eigenvalue weighted by molar-refractivity contribution is -0.0564. The van der Waals surface area contributed by atoms with Crippen LogP contribution >= 0.6 is 0 Å². The minimum absolute atomic E-state index is 0.00322. The highest BCUT2D eigenvalue weighted by molar-refractivity contribution is 5.93. The third-order valence-corrected chi connectivity index (χ3v) is 5.89. The van der Waals surface area contributed by atoms with Gasteiger partial charge in [0, 0.05) is 6.54 Å². The molecule has 1 amide bonds. The van der Waals surface area contributed by atoms with Crippen LogP contribution < -0.4 is 5.32 Å². The predicted octanol–water partition coefficient (Wildman–Crippen LogP) is 3.62. The largest absolute Gasteiger partial charge is 0.472 e. The average molecular weight is 273 g/mol. The Kier molecular flexibility index (Phi) is 2.90. The van der Waals surface area contributed by atoms with Crippen molar-refractivity contribution in [3.8, 4) is 0 Å². The van der Waals surface area contributed by atoms with Gasteiger partial charge in [-0.25, -0.2) is 0 Å². The third-order valence-electron chi connectivity index (χ3n) is 5.89. The van der Waals surface area contributed by atoms with Crippen molar-refractivity contribution in [2.24, 2.45) is 23.2 Å². The Morgan fingerprint density at radius 3 is 2.40 bits per heavy atom. The normalized spacial score (nSPS) is 38.1. The summed E-state index contributed by atoms with van der Waals surface area (Å²) in [5.74, 6) is 2.98.